The lowest BCUT2D eigenvalue weighted by molar-refractivity contribution is -0.117. The highest BCUT2D eigenvalue weighted by atomic mass is 16.5. The van der Waals surface area contributed by atoms with Gasteiger partial charge in [-0.2, -0.15) is 0 Å². The zero-order chi connectivity index (χ0) is 13.7. The van der Waals surface area contributed by atoms with Gasteiger partial charge >= 0.3 is 0 Å². The fraction of sp³-hybridized carbons (Fsp3) is 0.533. The zero-order valence-electron chi connectivity index (χ0n) is 11.4. The Hall–Kier alpha value is -1.55. The van der Waals surface area contributed by atoms with Gasteiger partial charge < -0.3 is 15.8 Å². The van der Waals surface area contributed by atoms with E-state index in [1.807, 2.05) is 31.2 Å². The molecule has 3 N–H and O–H groups in total. The average molecular weight is 262 g/mol. The Balaban J connectivity index is 1.88. The lowest BCUT2D eigenvalue weighted by atomic mass is 10.2. The summed E-state index contributed by atoms with van der Waals surface area (Å²) in [6, 6.07) is 7.04. The topological polar surface area (TPSA) is 64.4 Å². The second-order valence-corrected chi connectivity index (χ2v) is 5.05. The molecular weight excluding hydrogens is 240 g/mol. The fourth-order valence-corrected chi connectivity index (χ4v) is 2.24. The number of nitrogens with one attached hydrogen (secondary N) is 1. The fourth-order valence-electron chi connectivity index (χ4n) is 2.24. The first-order chi connectivity index (χ1) is 9.19. The Bertz CT molecular complexity index is 411. The maximum absolute atomic E-state index is 11.6. The molecule has 0 bridgehead atoms. The molecule has 0 unspecified atom stereocenters. The van der Waals surface area contributed by atoms with E-state index in [0.29, 0.717) is 12.5 Å². The summed E-state index contributed by atoms with van der Waals surface area (Å²) < 4.78 is 5.87. The van der Waals surface area contributed by atoms with E-state index < -0.39 is 6.04 Å². The van der Waals surface area contributed by atoms with Crippen molar-refractivity contribution in [1.29, 1.82) is 0 Å². The number of carbonyl (C=O) groups excluding carboxylic acids is 1. The summed E-state index contributed by atoms with van der Waals surface area (Å²) in [5.74, 6) is 0.719. The van der Waals surface area contributed by atoms with Gasteiger partial charge in [0.25, 0.3) is 0 Å². The summed E-state index contributed by atoms with van der Waals surface area (Å²) in [6.07, 6.45) is 5.79. The quantitative estimate of drug-likeness (QED) is 0.857. The number of anilines is 1. The highest BCUT2D eigenvalue weighted by Gasteiger charge is 2.16. The van der Waals surface area contributed by atoms with Crippen LogP contribution in [0.1, 0.15) is 39.0 Å². The zero-order valence-corrected chi connectivity index (χ0v) is 11.4. The van der Waals surface area contributed by atoms with Crippen LogP contribution in [0.25, 0.3) is 0 Å². The molecule has 104 valence electrons. The van der Waals surface area contributed by atoms with Crippen LogP contribution in [-0.4, -0.2) is 18.1 Å². The molecule has 0 aliphatic heterocycles. The van der Waals surface area contributed by atoms with Crippen molar-refractivity contribution in [2.24, 2.45) is 5.73 Å². The van der Waals surface area contributed by atoms with Gasteiger partial charge in [-0.25, -0.2) is 0 Å². The highest BCUT2D eigenvalue weighted by Crippen LogP contribution is 2.24. The molecule has 1 aliphatic carbocycles. The molecule has 4 heteroatoms. The molecule has 0 spiro atoms. The van der Waals surface area contributed by atoms with Gasteiger partial charge in [0.05, 0.1) is 12.1 Å². The van der Waals surface area contributed by atoms with E-state index in [9.17, 15) is 4.79 Å². The monoisotopic (exact) mass is 262 g/mol. The molecule has 2 rings (SSSR count). The SMILES string of the molecule is CC[C@H](N)C(=O)Nc1ccc(OC2CCCC2)cc1. The molecule has 1 aromatic rings. The van der Waals surface area contributed by atoms with Crippen LogP contribution in [0.2, 0.25) is 0 Å². The minimum absolute atomic E-state index is 0.146. The van der Waals surface area contributed by atoms with E-state index in [1.165, 1.54) is 12.8 Å². The molecule has 4 nitrogen and oxygen atoms in total. The van der Waals surface area contributed by atoms with Gasteiger partial charge in [-0.15, -0.1) is 0 Å². The summed E-state index contributed by atoms with van der Waals surface area (Å²) in [5.41, 5.74) is 6.42. The van der Waals surface area contributed by atoms with Crippen LogP contribution in [0.15, 0.2) is 24.3 Å². The first kappa shape index (κ1) is 13.9. The van der Waals surface area contributed by atoms with Crippen molar-refractivity contribution in [2.45, 2.75) is 51.2 Å². The first-order valence-corrected chi connectivity index (χ1v) is 7.02. The van der Waals surface area contributed by atoms with Crippen LogP contribution in [0.4, 0.5) is 5.69 Å². The van der Waals surface area contributed by atoms with Crippen molar-refractivity contribution in [2.75, 3.05) is 5.32 Å². The Morgan fingerprint density at radius 3 is 2.58 bits per heavy atom. The predicted molar refractivity (Wildman–Crippen MR) is 76.2 cm³/mol. The van der Waals surface area contributed by atoms with Crippen LogP contribution in [0.3, 0.4) is 0 Å². The molecular formula is C15H22N2O2. The molecule has 1 fully saturated rings. The van der Waals surface area contributed by atoms with Crippen LogP contribution < -0.4 is 15.8 Å². The van der Waals surface area contributed by atoms with E-state index in [0.717, 1.165) is 24.3 Å². The summed E-state index contributed by atoms with van der Waals surface area (Å²) in [7, 11) is 0. The Morgan fingerprint density at radius 1 is 1.37 bits per heavy atom. The standard InChI is InChI=1S/C15H22N2O2/c1-2-14(16)15(18)17-11-7-9-13(10-8-11)19-12-5-3-4-6-12/h7-10,12,14H,2-6,16H2,1H3,(H,17,18)/t14-/m0/s1. The van der Waals surface area contributed by atoms with Gasteiger partial charge in [0.15, 0.2) is 0 Å². The van der Waals surface area contributed by atoms with E-state index in [1.54, 1.807) is 0 Å². The second kappa shape index (κ2) is 6.57. The molecule has 19 heavy (non-hydrogen) atoms. The number of hydrogen-bond donors (Lipinski definition) is 2. The van der Waals surface area contributed by atoms with Gasteiger partial charge in [0.1, 0.15) is 5.75 Å². The van der Waals surface area contributed by atoms with Crippen LogP contribution in [-0.2, 0) is 4.79 Å². The molecule has 0 saturated heterocycles. The third-order valence-electron chi connectivity index (χ3n) is 3.50. The molecule has 0 heterocycles. The maximum atomic E-state index is 11.6. The minimum atomic E-state index is -0.450. The van der Waals surface area contributed by atoms with Crippen molar-refractivity contribution in [1.82, 2.24) is 0 Å². The molecule has 1 amide bonds. The Kier molecular flexibility index (Phi) is 4.80. The predicted octanol–water partition coefficient (Wildman–Crippen LogP) is 2.68. The van der Waals surface area contributed by atoms with Gasteiger partial charge in [0.2, 0.25) is 5.91 Å². The van der Waals surface area contributed by atoms with Crippen LogP contribution >= 0.6 is 0 Å². The van der Waals surface area contributed by atoms with Crippen molar-refractivity contribution < 1.29 is 9.53 Å². The summed E-state index contributed by atoms with van der Waals surface area (Å²) in [4.78, 5) is 11.6. The van der Waals surface area contributed by atoms with Crippen molar-refractivity contribution >= 4 is 11.6 Å². The smallest absolute Gasteiger partial charge is 0.241 e. The summed E-state index contributed by atoms with van der Waals surface area (Å²) in [5, 5.41) is 2.79. The van der Waals surface area contributed by atoms with E-state index in [2.05, 4.69) is 5.32 Å². The number of hydrogen-bond acceptors (Lipinski definition) is 3. The lowest BCUT2D eigenvalue weighted by Crippen LogP contribution is -2.34. The number of carbonyl (C=O) groups is 1. The number of nitrogens with two attached hydrogens (primary N) is 1. The molecule has 0 aromatic heterocycles. The van der Waals surface area contributed by atoms with Crippen LogP contribution in [0.5, 0.6) is 5.75 Å². The number of benzene rings is 1. The van der Waals surface area contributed by atoms with Crippen molar-refractivity contribution in [3.8, 4) is 5.75 Å². The summed E-state index contributed by atoms with van der Waals surface area (Å²) >= 11 is 0. The Labute approximate surface area is 114 Å². The van der Waals surface area contributed by atoms with Gasteiger partial charge in [0, 0.05) is 5.69 Å². The number of rotatable bonds is 5. The first-order valence-electron chi connectivity index (χ1n) is 7.02. The maximum Gasteiger partial charge on any atom is 0.241 e. The molecule has 0 radical (unpaired) electrons. The van der Waals surface area contributed by atoms with Crippen molar-refractivity contribution in [3.05, 3.63) is 24.3 Å². The van der Waals surface area contributed by atoms with Crippen molar-refractivity contribution in [3.63, 3.8) is 0 Å². The van der Waals surface area contributed by atoms with Crippen LogP contribution in [0, 0.1) is 0 Å². The van der Waals surface area contributed by atoms with Gasteiger partial charge in [-0.05, 0) is 56.4 Å². The summed E-state index contributed by atoms with van der Waals surface area (Å²) in [6.45, 7) is 1.89. The third kappa shape index (κ3) is 3.96. The third-order valence-corrected chi connectivity index (χ3v) is 3.50. The number of amides is 1. The Morgan fingerprint density at radius 2 is 2.00 bits per heavy atom. The molecule has 1 atom stereocenters. The second-order valence-electron chi connectivity index (χ2n) is 5.05. The average Bonchev–Trinajstić information content (AvgIpc) is 2.93. The molecule has 1 aromatic carbocycles. The number of ether oxygens (including phenoxy) is 1. The van der Waals surface area contributed by atoms with Gasteiger partial charge in [-0.1, -0.05) is 6.92 Å². The highest BCUT2D eigenvalue weighted by molar-refractivity contribution is 5.94. The molecule has 1 saturated carbocycles. The van der Waals surface area contributed by atoms with E-state index in [4.69, 9.17) is 10.5 Å². The van der Waals surface area contributed by atoms with E-state index >= 15 is 0 Å². The lowest BCUT2D eigenvalue weighted by Gasteiger charge is -2.14. The molecule has 1 aliphatic rings. The van der Waals surface area contributed by atoms with E-state index in [-0.39, 0.29) is 5.91 Å². The normalized spacial score (nSPS) is 17.2. The minimum Gasteiger partial charge on any atom is -0.490 e. The van der Waals surface area contributed by atoms with Gasteiger partial charge in [-0.3, -0.25) is 4.79 Å². The largest absolute Gasteiger partial charge is 0.490 e.